The molecule has 0 aliphatic carbocycles. The summed E-state index contributed by atoms with van der Waals surface area (Å²) in [6.07, 6.45) is 14.1. The fourth-order valence-corrected chi connectivity index (χ4v) is 4.11. The van der Waals surface area contributed by atoms with Crippen molar-refractivity contribution in [3.8, 4) is 45.6 Å². The molecule has 0 saturated carbocycles. The van der Waals surface area contributed by atoms with Crippen molar-refractivity contribution in [2.75, 3.05) is 0 Å². The number of hydrogen-bond acceptors (Lipinski definition) is 28. The molecule has 0 atom stereocenters. The number of alkyl halides is 12. The van der Waals surface area contributed by atoms with Gasteiger partial charge in [0.2, 0.25) is 0 Å². The Hall–Kier alpha value is -7.47. The van der Waals surface area contributed by atoms with Crippen molar-refractivity contribution in [1.82, 2.24) is 39.9 Å². The van der Waals surface area contributed by atoms with Crippen LogP contribution in [0.15, 0.2) is 195 Å². The molecule has 100 heavy (non-hydrogen) atoms. The van der Waals surface area contributed by atoms with Gasteiger partial charge in [-0.1, -0.05) is 48.5 Å². The first-order valence-electron chi connectivity index (χ1n) is 24.1. The molecular weight excluding hydrogens is 1830 g/mol. The van der Waals surface area contributed by atoms with Gasteiger partial charge in [-0.25, -0.2) is 33.7 Å². The van der Waals surface area contributed by atoms with E-state index in [-0.39, 0.29) is 81.7 Å². The first-order valence-corrected chi connectivity index (χ1v) is 29.7. The van der Waals surface area contributed by atoms with E-state index >= 15 is 0 Å². The Morgan fingerprint density at radius 2 is 0.330 bits per heavy atom. The molecule has 48 heteroatoms. The van der Waals surface area contributed by atoms with Crippen molar-refractivity contribution >= 4 is 64.1 Å². The molecule has 0 fully saturated rings. The van der Waals surface area contributed by atoms with Crippen molar-refractivity contribution in [2.45, 2.75) is 49.7 Å². The van der Waals surface area contributed by atoms with Crippen molar-refractivity contribution in [2.24, 2.45) is 0 Å². The molecule has 0 bridgehead atoms. The predicted octanol–water partition coefficient (Wildman–Crippen LogP) is 6.15. The first-order chi connectivity index (χ1) is 43.8. The molecule has 0 spiro atoms. The third-order valence-electron chi connectivity index (χ3n) is 7.50. The van der Waals surface area contributed by atoms with Crippen LogP contribution in [0, 0.1) is 21.6 Å². The maximum Gasteiger partial charge on any atom is 2.00 e. The van der Waals surface area contributed by atoms with Crippen molar-refractivity contribution < 1.29 is 207 Å². The molecule has 0 aromatic carbocycles. The van der Waals surface area contributed by atoms with Gasteiger partial charge in [0.05, 0.1) is 45.6 Å². The average Bonchev–Trinajstić information content (AvgIpc) is 0.896. The number of halogens is 12. The van der Waals surface area contributed by atoms with Crippen LogP contribution in [0.5, 0.6) is 0 Å². The minimum atomic E-state index is -6.09. The summed E-state index contributed by atoms with van der Waals surface area (Å²) in [4.78, 5) is 33.5. The summed E-state index contributed by atoms with van der Waals surface area (Å²) in [6.45, 7) is 4.78. The van der Waals surface area contributed by atoms with Gasteiger partial charge in [-0.2, -0.15) is 52.7 Å². The summed E-state index contributed by atoms with van der Waals surface area (Å²) in [6, 6.07) is 46.4. The molecule has 8 aromatic rings. The monoisotopic (exact) mass is 1880 g/mol. The van der Waals surface area contributed by atoms with E-state index in [1.165, 1.54) is 27.7 Å². The van der Waals surface area contributed by atoms with E-state index in [0.29, 0.717) is 0 Å². The normalized spacial score (nSPS) is 10.1. The van der Waals surface area contributed by atoms with E-state index in [0.717, 1.165) is 45.6 Å². The molecule has 8 aromatic heterocycles. The molecule has 0 aliphatic rings. The van der Waals surface area contributed by atoms with Gasteiger partial charge in [-0.3, -0.25) is 39.9 Å². The fourth-order valence-electron chi connectivity index (χ4n) is 4.11. The van der Waals surface area contributed by atoms with Gasteiger partial charge in [-0.05, 0) is 148 Å². The summed E-state index contributed by atoms with van der Waals surface area (Å²) in [7, 11) is -24.4. The summed E-state index contributed by atoms with van der Waals surface area (Å²) < 4.78 is 236. The predicted molar refractivity (Wildman–Crippen MR) is 306 cm³/mol. The minimum Gasteiger partial charge on any atom is -0.862 e. The van der Waals surface area contributed by atoms with E-state index in [1.807, 2.05) is 146 Å². The van der Waals surface area contributed by atoms with Gasteiger partial charge >= 0.3 is 104 Å². The second kappa shape index (κ2) is 55.2. The van der Waals surface area contributed by atoms with Gasteiger partial charge in [0.1, 0.15) is 0 Å². The van der Waals surface area contributed by atoms with Gasteiger partial charge in [0, 0.05) is 49.6 Å². The Balaban J connectivity index is -0.000000156. The van der Waals surface area contributed by atoms with Crippen LogP contribution < -0.4 is 20.4 Å². The Kier molecular flexibility index (Phi) is 59.9. The molecule has 0 saturated heterocycles. The summed E-state index contributed by atoms with van der Waals surface area (Å²) in [5.74, 6) is -2.33. The maximum absolute atomic E-state index is 10.7. The van der Waals surface area contributed by atoms with Crippen molar-refractivity contribution in [3.05, 3.63) is 195 Å². The Bertz CT molecular complexity index is 3270. The van der Waals surface area contributed by atoms with E-state index in [1.54, 1.807) is 49.6 Å². The Labute approximate surface area is 618 Å². The van der Waals surface area contributed by atoms with Crippen LogP contribution in [0.1, 0.15) is 27.7 Å². The summed E-state index contributed by atoms with van der Waals surface area (Å²) >= 11 is 0. The third kappa shape index (κ3) is 61.6. The van der Waals surface area contributed by atoms with E-state index < -0.39 is 86.1 Å². The molecule has 8 heterocycles. The summed E-state index contributed by atoms with van der Waals surface area (Å²) in [5.41, 5.74) is -15.3. The Morgan fingerprint density at radius 1 is 0.260 bits per heavy atom. The molecule has 0 amide bonds. The Morgan fingerprint density at radius 3 is 0.370 bits per heavy atom. The van der Waals surface area contributed by atoms with Gasteiger partial charge in [0.25, 0.3) is 0 Å². The first kappa shape index (κ1) is 108. The average molecular weight is 1880 g/mol. The van der Waals surface area contributed by atoms with Gasteiger partial charge in [-0.15, -0.1) is 0 Å². The van der Waals surface area contributed by atoms with E-state index in [9.17, 15) is 52.7 Å². The van der Waals surface area contributed by atoms with Crippen LogP contribution in [0.25, 0.3) is 45.6 Å². The van der Waals surface area contributed by atoms with Crippen LogP contribution in [0.2, 0.25) is 0 Å². The summed E-state index contributed by atoms with van der Waals surface area (Å²) in [5, 5.41) is 60.2. The fraction of sp³-hybridized carbons (Fsp3) is 0.154. The maximum atomic E-state index is 10.7. The minimum absolute atomic E-state index is 0. The zero-order chi connectivity index (χ0) is 75.2. The zero-order valence-electron chi connectivity index (χ0n) is 50.0. The topological polar surface area (TPSA) is 520 Å². The van der Waals surface area contributed by atoms with Crippen LogP contribution in [-0.4, -0.2) is 137 Å². The van der Waals surface area contributed by atoms with Crippen LogP contribution in [0.4, 0.5) is 52.7 Å². The third-order valence-corrected chi connectivity index (χ3v) is 9.77. The SMILES string of the molecule is CC(=N)[O-].CC(=N)[O-].CC(=N)[O-].CC(=N)[O-].O=S(=O)([O-])C(F)(F)F.O=S(=O)([O-])C(F)(F)F.O=S(=O)([O-])C(F)(F)F.O=S(=O)([O-])C(F)(F)F.[Pd+2].[Pd+2].[Pd+2].[Pd+2].c1ccc(-c2ccccn2)nc1.c1ccc(-c2ccccn2)nc1.c1ccc(-c2ccccn2)nc1.c1ccc(-c2ccccn2)nc1. The number of pyridine rings is 8. The van der Waals surface area contributed by atoms with Gasteiger partial charge < -0.3 is 60.3 Å². The largest absolute Gasteiger partial charge is 2.00 e. The van der Waals surface area contributed by atoms with Gasteiger partial charge in [0.15, 0.2) is 40.5 Å². The van der Waals surface area contributed by atoms with Crippen molar-refractivity contribution in [3.63, 3.8) is 0 Å². The second-order valence-electron chi connectivity index (χ2n) is 15.5. The zero-order valence-corrected chi connectivity index (χ0v) is 59.5. The quantitative estimate of drug-likeness (QED) is 0.0383. The number of nitrogens with zero attached hydrogens (tertiary/aromatic N) is 8. The number of nitrogens with one attached hydrogen (secondary N) is 4. The molecule has 0 aliphatic heterocycles. The van der Waals surface area contributed by atoms with Crippen LogP contribution in [0.3, 0.4) is 0 Å². The molecule has 28 nitrogen and oxygen atoms in total. The van der Waals surface area contributed by atoms with E-state index in [4.69, 9.17) is 93.9 Å². The molecule has 0 radical (unpaired) electrons. The van der Waals surface area contributed by atoms with Crippen LogP contribution >= 0.6 is 0 Å². The van der Waals surface area contributed by atoms with E-state index in [2.05, 4.69) is 39.9 Å². The smallest absolute Gasteiger partial charge is 0.862 e. The van der Waals surface area contributed by atoms with Crippen LogP contribution in [-0.2, 0) is 122 Å². The number of hydrogen-bond donors (Lipinski definition) is 4. The molecule has 8 rings (SSSR count). The number of rotatable bonds is 4. The molecule has 4 N–H and O–H groups in total. The second-order valence-corrected chi connectivity index (χ2v) is 21.0. The molecular formula is C52H48F12N12O16Pd4S4. The molecule has 0 unspecified atom stereocenters. The molecule has 560 valence electrons. The van der Waals surface area contributed by atoms with Crippen molar-refractivity contribution in [1.29, 1.82) is 21.6 Å². The number of aromatic nitrogens is 8. The standard InChI is InChI=1S/4C10H8N2.4C2H5NO.4CHF3O3S.4Pd/c4*1-3-7-11-9(5-1)10-6-2-4-8-12-10;4*1-2(3)4;4*2-1(3,4)8(5,6)7;;;;/h4*1-8H;4*1H3,(H2,3,4);4*(H,5,6,7);;;;/q;;;;;;;;;;;;4*+2/p-8.